The van der Waals surface area contributed by atoms with Crippen molar-refractivity contribution in [2.24, 2.45) is 5.92 Å². The van der Waals surface area contributed by atoms with E-state index in [1.807, 2.05) is 23.1 Å². The van der Waals surface area contributed by atoms with Gasteiger partial charge in [-0.3, -0.25) is 4.79 Å². The number of rotatable bonds is 1. The molecule has 0 aliphatic carbocycles. The predicted octanol–water partition coefficient (Wildman–Crippen LogP) is 1.28. The van der Waals surface area contributed by atoms with Crippen molar-refractivity contribution >= 4 is 5.91 Å². The van der Waals surface area contributed by atoms with Crippen molar-refractivity contribution in [3.05, 3.63) is 23.8 Å². The number of carbonyl (C=O) groups excluding carboxylic acids is 1. The second-order valence-corrected chi connectivity index (χ2v) is 6.03. The summed E-state index contributed by atoms with van der Waals surface area (Å²) in [7, 11) is 0. The zero-order valence-corrected chi connectivity index (χ0v) is 12.0. The van der Waals surface area contributed by atoms with Crippen LogP contribution >= 0.6 is 0 Å². The fourth-order valence-corrected chi connectivity index (χ4v) is 3.57. The van der Waals surface area contributed by atoms with Crippen LogP contribution in [-0.2, 0) is 0 Å². The maximum absolute atomic E-state index is 12.7. The monoisotopic (exact) mass is 288 g/mol. The molecule has 3 aliphatic rings. The highest BCUT2D eigenvalue weighted by atomic mass is 16.6. The average Bonchev–Trinajstić information content (AvgIpc) is 2.97. The molecular weight excluding hydrogens is 268 g/mol. The van der Waals surface area contributed by atoms with Gasteiger partial charge in [0.25, 0.3) is 5.91 Å². The van der Waals surface area contributed by atoms with E-state index in [1.54, 1.807) is 0 Å². The van der Waals surface area contributed by atoms with Crippen molar-refractivity contribution in [1.29, 1.82) is 0 Å². The summed E-state index contributed by atoms with van der Waals surface area (Å²) in [6, 6.07) is 5.96. The Kier molecular flexibility index (Phi) is 3.22. The van der Waals surface area contributed by atoms with Gasteiger partial charge in [-0.05, 0) is 43.5 Å². The van der Waals surface area contributed by atoms with E-state index < -0.39 is 0 Å². The minimum Gasteiger partial charge on any atom is -0.486 e. The third-order valence-corrected chi connectivity index (χ3v) is 4.68. The largest absolute Gasteiger partial charge is 0.486 e. The topological polar surface area (TPSA) is 50.8 Å². The van der Waals surface area contributed by atoms with Crippen LogP contribution in [0.25, 0.3) is 0 Å². The number of amides is 1. The van der Waals surface area contributed by atoms with Gasteiger partial charge >= 0.3 is 0 Å². The number of hydrogen-bond acceptors (Lipinski definition) is 4. The van der Waals surface area contributed by atoms with Gasteiger partial charge in [-0.1, -0.05) is 0 Å². The summed E-state index contributed by atoms with van der Waals surface area (Å²) in [5.74, 6) is 2.12. The normalized spacial score (nSPS) is 27.3. The number of piperidine rings is 1. The lowest BCUT2D eigenvalue weighted by atomic mass is 9.94. The molecule has 0 spiro atoms. The quantitative estimate of drug-likeness (QED) is 0.846. The average molecular weight is 288 g/mol. The van der Waals surface area contributed by atoms with Crippen molar-refractivity contribution < 1.29 is 14.3 Å². The zero-order valence-electron chi connectivity index (χ0n) is 12.0. The van der Waals surface area contributed by atoms with E-state index in [1.165, 1.54) is 12.8 Å². The summed E-state index contributed by atoms with van der Waals surface area (Å²) < 4.78 is 11.1. The Morgan fingerprint density at radius 1 is 1.19 bits per heavy atom. The van der Waals surface area contributed by atoms with Crippen molar-refractivity contribution in [1.82, 2.24) is 10.2 Å². The van der Waals surface area contributed by atoms with E-state index >= 15 is 0 Å². The highest BCUT2D eigenvalue weighted by Crippen LogP contribution is 2.32. The molecule has 5 heteroatoms. The first-order chi connectivity index (χ1) is 10.3. The second-order valence-electron chi connectivity index (χ2n) is 6.03. The maximum Gasteiger partial charge on any atom is 0.254 e. The van der Waals surface area contributed by atoms with Gasteiger partial charge in [-0.25, -0.2) is 0 Å². The molecule has 1 aromatic carbocycles. The minimum absolute atomic E-state index is 0.100. The van der Waals surface area contributed by atoms with E-state index in [2.05, 4.69) is 5.32 Å². The van der Waals surface area contributed by atoms with Crippen LogP contribution in [0.15, 0.2) is 18.2 Å². The molecule has 0 bridgehead atoms. The van der Waals surface area contributed by atoms with Crippen LogP contribution in [0.1, 0.15) is 23.2 Å². The van der Waals surface area contributed by atoms with Crippen LogP contribution in [-0.4, -0.2) is 49.7 Å². The first kappa shape index (κ1) is 13.0. The van der Waals surface area contributed by atoms with Gasteiger partial charge in [0.2, 0.25) is 0 Å². The zero-order chi connectivity index (χ0) is 14.2. The van der Waals surface area contributed by atoms with E-state index in [4.69, 9.17) is 9.47 Å². The molecule has 1 aromatic rings. The Balaban J connectivity index is 1.52. The molecular formula is C16H20N2O3. The Labute approximate surface area is 124 Å². The number of likely N-dealkylation sites (tertiary alicyclic amines) is 1. The lowest BCUT2D eigenvalue weighted by Crippen LogP contribution is -2.41. The van der Waals surface area contributed by atoms with Gasteiger partial charge in [0, 0.05) is 24.7 Å². The van der Waals surface area contributed by atoms with Crippen molar-refractivity contribution in [2.75, 3.05) is 32.8 Å². The van der Waals surface area contributed by atoms with E-state index in [0.29, 0.717) is 36.5 Å². The SMILES string of the molecule is O=C(c1ccc2c(c1)OCCO2)N1C[C@@H]2CCCN[C@@H]2C1. The minimum atomic E-state index is 0.100. The van der Waals surface area contributed by atoms with Gasteiger partial charge < -0.3 is 19.7 Å². The summed E-state index contributed by atoms with van der Waals surface area (Å²) >= 11 is 0. The Morgan fingerprint density at radius 3 is 2.90 bits per heavy atom. The van der Waals surface area contributed by atoms with E-state index in [0.717, 1.165) is 25.4 Å². The van der Waals surface area contributed by atoms with E-state index in [9.17, 15) is 4.79 Å². The molecule has 21 heavy (non-hydrogen) atoms. The van der Waals surface area contributed by atoms with Crippen LogP contribution in [0.5, 0.6) is 11.5 Å². The van der Waals surface area contributed by atoms with Crippen molar-refractivity contribution in [3.63, 3.8) is 0 Å². The lowest BCUT2D eigenvalue weighted by Gasteiger charge is -2.24. The molecule has 0 aromatic heterocycles. The summed E-state index contributed by atoms with van der Waals surface area (Å²) in [6.45, 7) is 3.87. The fraction of sp³-hybridized carbons (Fsp3) is 0.562. The predicted molar refractivity (Wildman–Crippen MR) is 77.9 cm³/mol. The highest BCUT2D eigenvalue weighted by Gasteiger charge is 2.36. The van der Waals surface area contributed by atoms with Crippen LogP contribution in [0, 0.1) is 5.92 Å². The molecule has 3 aliphatic heterocycles. The molecule has 0 unspecified atom stereocenters. The van der Waals surface area contributed by atoms with Crippen LogP contribution in [0.3, 0.4) is 0 Å². The van der Waals surface area contributed by atoms with Gasteiger partial charge in [-0.15, -0.1) is 0 Å². The number of nitrogens with one attached hydrogen (secondary N) is 1. The smallest absolute Gasteiger partial charge is 0.254 e. The molecule has 2 atom stereocenters. The maximum atomic E-state index is 12.7. The molecule has 5 nitrogen and oxygen atoms in total. The third kappa shape index (κ3) is 2.35. The van der Waals surface area contributed by atoms with E-state index in [-0.39, 0.29) is 5.91 Å². The fourth-order valence-electron chi connectivity index (χ4n) is 3.57. The molecule has 0 radical (unpaired) electrons. The van der Waals surface area contributed by atoms with Crippen LogP contribution in [0.4, 0.5) is 0 Å². The Hall–Kier alpha value is -1.75. The molecule has 4 rings (SSSR count). The summed E-state index contributed by atoms with van der Waals surface area (Å²) in [6.07, 6.45) is 2.44. The van der Waals surface area contributed by atoms with Gasteiger partial charge in [0.1, 0.15) is 13.2 Å². The molecule has 1 amide bonds. The number of ether oxygens (including phenoxy) is 2. The molecule has 2 fully saturated rings. The standard InChI is InChI=1S/C16H20N2O3/c19-16(18-9-12-2-1-5-17-13(12)10-18)11-3-4-14-15(8-11)21-7-6-20-14/h3-4,8,12-13,17H,1-2,5-7,9-10H2/t12-,13+/m0/s1. The van der Waals surface area contributed by atoms with Gasteiger partial charge in [0.05, 0.1) is 0 Å². The van der Waals surface area contributed by atoms with Gasteiger partial charge in [0.15, 0.2) is 11.5 Å². The third-order valence-electron chi connectivity index (χ3n) is 4.68. The molecule has 1 N–H and O–H groups in total. The first-order valence-electron chi connectivity index (χ1n) is 7.73. The Morgan fingerprint density at radius 2 is 2.05 bits per heavy atom. The molecule has 3 heterocycles. The highest BCUT2D eigenvalue weighted by molar-refractivity contribution is 5.95. The second kappa shape index (κ2) is 5.22. The number of nitrogens with zero attached hydrogens (tertiary/aromatic N) is 1. The van der Waals surface area contributed by atoms with Crippen LogP contribution < -0.4 is 14.8 Å². The lowest BCUT2D eigenvalue weighted by molar-refractivity contribution is 0.0784. The number of fused-ring (bicyclic) bond motifs is 2. The summed E-state index contributed by atoms with van der Waals surface area (Å²) in [4.78, 5) is 14.6. The van der Waals surface area contributed by atoms with Crippen molar-refractivity contribution in [2.45, 2.75) is 18.9 Å². The number of carbonyl (C=O) groups is 1. The molecule has 0 saturated carbocycles. The first-order valence-corrected chi connectivity index (χ1v) is 7.73. The van der Waals surface area contributed by atoms with Gasteiger partial charge in [-0.2, -0.15) is 0 Å². The van der Waals surface area contributed by atoms with Crippen LogP contribution in [0.2, 0.25) is 0 Å². The number of benzene rings is 1. The summed E-state index contributed by atoms with van der Waals surface area (Å²) in [5.41, 5.74) is 0.692. The summed E-state index contributed by atoms with van der Waals surface area (Å²) in [5, 5.41) is 3.53. The Bertz CT molecular complexity index is 546. The molecule has 2 saturated heterocycles. The van der Waals surface area contributed by atoms with Crippen molar-refractivity contribution in [3.8, 4) is 11.5 Å². The number of hydrogen-bond donors (Lipinski definition) is 1. The molecule has 112 valence electrons.